The highest BCUT2D eigenvalue weighted by atomic mass is 32.2. The Morgan fingerprint density at radius 3 is 2.40 bits per heavy atom. The molecule has 1 saturated heterocycles. The first kappa shape index (κ1) is 16.2. The minimum atomic E-state index is -3.24. The lowest BCUT2D eigenvalue weighted by Crippen LogP contribution is -2.46. The van der Waals surface area contributed by atoms with Crippen LogP contribution in [0.25, 0.3) is 0 Å². The van der Waals surface area contributed by atoms with Gasteiger partial charge in [0.15, 0.2) is 0 Å². The van der Waals surface area contributed by atoms with E-state index in [-0.39, 0.29) is 0 Å². The summed E-state index contributed by atoms with van der Waals surface area (Å²) < 4.78 is 28.6. The standard InChI is InChI=1S/C14H29N3O2S/c1-2-3-4-9-16-20(18,19)17-10-7-13(8-11-17)12-15-14-5-6-14/h13-16H,2-12H2,1H3. The molecule has 1 aliphatic carbocycles. The number of hydrogen-bond donors (Lipinski definition) is 2. The lowest BCUT2D eigenvalue weighted by molar-refractivity contribution is 0.264. The monoisotopic (exact) mass is 303 g/mol. The van der Waals surface area contributed by atoms with Gasteiger partial charge in [-0.25, -0.2) is 4.72 Å². The Balaban J connectivity index is 1.65. The van der Waals surface area contributed by atoms with Crippen molar-refractivity contribution in [2.24, 2.45) is 5.92 Å². The molecule has 5 nitrogen and oxygen atoms in total. The van der Waals surface area contributed by atoms with Gasteiger partial charge in [-0.2, -0.15) is 12.7 Å². The fourth-order valence-electron chi connectivity index (χ4n) is 2.64. The van der Waals surface area contributed by atoms with E-state index >= 15 is 0 Å². The van der Waals surface area contributed by atoms with E-state index in [0.717, 1.165) is 44.7 Å². The lowest BCUT2D eigenvalue weighted by Gasteiger charge is -2.31. The third-order valence-corrected chi connectivity index (χ3v) is 5.86. The predicted octanol–water partition coefficient (Wildman–Crippen LogP) is 1.48. The minimum absolute atomic E-state index is 0.569. The van der Waals surface area contributed by atoms with E-state index in [1.54, 1.807) is 4.31 Å². The zero-order chi connectivity index (χ0) is 14.4. The topological polar surface area (TPSA) is 61.4 Å². The number of nitrogens with zero attached hydrogens (tertiary/aromatic N) is 1. The van der Waals surface area contributed by atoms with Gasteiger partial charge in [0.2, 0.25) is 0 Å². The van der Waals surface area contributed by atoms with Gasteiger partial charge < -0.3 is 5.32 Å². The fourth-order valence-corrected chi connectivity index (χ4v) is 3.92. The molecule has 2 N–H and O–H groups in total. The Kier molecular flexibility index (Phi) is 6.26. The Bertz CT molecular complexity index is 374. The van der Waals surface area contributed by atoms with Gasteiger partial charge in [-0.05, 0) is 44.6 Å². The maximum atomic E-state index is 12.1. The Morgan fingerprint density at radius 2 is 1.80 bits per heavy atom. The van der Waals surface area contributed by atoms with Crippen LogP contribution in [0, 0.1) is 5.92 Å². The van der Waals surface area contributed by atoms with E-state index in [0.29, 0.717) is 25.6 Å². The van der Waals surface area contributed by atoms with Crippen molar-refractivity contribution in [3.05, 3.63) is 0 Å². The van der Waals surface area contributed by atoms with Crippen LogP contribution >= 0.6 is 0 Å². The molecule has 0 atom stereocenters. The molecule has 0 spiro atoms. The number of hydrogen-bond acceptors (Lipinski definition) is 3. The maximum Gasteiger partial charge on any atom is 0.279 e. The highest BCUT2D eigenvalue weighted by Crippen LogP contribution is 2.22. The number of piperidine rings is 1. The number of nitrogens with one attached hydrogen (secondary N) is 2. The third kappa shape index (κ3) is 5.31. The average Bonchev–Trinajstić information content (AvgIpc) is 3.26. The largest absolute Gasteiger partial charge is 0.314 e. The van der Waals surface area contributed by atoms with E-state index in [2.05, 4.69) is 17.0 Å². The van der Waals surface area contributed by atoms with Crippen molar-refractivity contribution in [2.45, 2.75) is 57.9 Å². The highest BCUT2D eigenvalue weighted by molar-refractivity contribution is 7.87. The van der Waals surface area contributed by atoms with E-state index in [1.165, 1.54) is 12.8 Å². The minimum Gasteiger partial charge on any atom is -0.314 e. The molecule has 1 aliphatic heterocycles. The molecule has 1 heterocycles. The normalized spacial score (nSPS) is 22.2. The van der Waals surface area contributed by atoms with Gasteiger partial charge in [0.05, 0.1) is 0 Å². The fraction of sp³-hybridized carbons (Fsp3) is 1.00. The van der Waals surface area contributed by atoms with Crippen molar-refractivity contribution in [3.8, 4) is 0 Å². The summed E-state index contributed by atoms with van der Waals surface area (Å²) in [7, 11) is -3.24. The maximum absolute atomic E-state index is 12.1. The summed E-state index contributed by atoms with van der Waals surface area (Å²) in [4.78, 5) is 0. The predicted molar refractivity (Wildman–Crippen MR) is 81.8 cm³/mol. The zero-order valence-electron chi connectivity index (χ0n) is 12.6. The molecular formula is C14H29N3O2S. The first-order chi connectivity index (χ1) is 9.62. The second kappa shape index (κ2) is 7.73. The Morgan fingerprint density at radius 1 is 1.10 bits per heavy atom. The van der Waals surface area contributed by atoms with Crippen molar-refractivity contribution in [2.75, 3.05) is 26.2 Å². The molecule has 6 heteroatoms. The zero-order valence-corrected chi connectivity index (χ0v) is 13.4. The van der Waals surface area contributed by atoms with Gasteiger partial charge in [-0.3, -0.25) is 0 Å². The van der Waals surface area contributed by atoms with Crippen LogP contribution in [-0.2, 0) is 10.2 Å². The summed E-state index contributed by atoms with van der Waals surface area (Å²) in [5.41, 5.74) is 0. The lowest BCUT2D eigenvalue weighted by atomic mass is 9.98. The van der Waals surface area contributed by atoms with Crippen LogP contribution in [0.5, 0.6) is 0 Å². The van der Waals surface area contributed by atoms with Gasteiger partial charge >= 0.3 is 0 Å². The molecule has 2 aliphatic rings. The van der Waals surface area contributed by atoms with Crippen LogP contribution in [0.1, 0.15) is 51.9 Å². The molecule has 0 amide bonds. The molecule has 0 aromatic heterocycles. The van der Waals surface area contributed by atoms with Gasteiger partial charge in [-0.1, -0.05) is 19.8 Å². The summed E-state index contributed by atoms with van der Waals surface area (Å²) in [6, 6.07) is 0.747. The third-order valence-electron chi connectivity index (χ3n) is 4.25. The van der Waals surface area contributed by atoms with E-state index in [9.17, 15) is 8.42 Å². The quantitative estimate of drug-likeness (QED) is 0.634. The van der Waals surface area contributed by atoms with Crippen LogP contribution in [-0.4, -0.2) is 44.9 Å². The molecular weight excluding hydrogens is 274 g/mol. The van der Waals surface area contributed by atoms with Gasteiger partial charge in [0.25, 0.3) is 10.2 Å². The molecule has 0 radical (unpaired) electrons. The van der Waals surface area contributed by atoms with Crippen LogP contribution in [0.4, 0.5) is 0 Å². The smallest absolute Gasteiger partial charge is 0.279 e. The van der Waals surface area contributed by atoms with E-state index < -0.39 is 10.2 Å². The van der Waals surface area contributed by atoms with E-state index in [4.69, 9.17) is 0 Å². The summed E-state index contributed by atoms with van der Waals surface area (Å²) in [6.07, 6.45) is 7.71. The van der Waals surface area contributed by atoms with Crippen LogP contribution < -0.4 is 10.0 Å². The van der Waals surface area contributed by atoms with Gasteiger partial charge in [0.1, 0.15) is 0 Å². The molecule has 20 heavy (non-hydrogen) atoms. The highest BCUT2D eigenvalue weighted by Gasteiger charge is 2.28. The summed E-state index contributed by atoms with van der Waals surface area (Å²) in [5.74, 6) is 0.641. The molecule has 0 aromatic rings. The molecule has 118 valence electrons. The SMILES string of the molecule is CCCCCNS(=O)(=O)N1CCC(CNC2CC2)CC1. The van der Waals surface area contributed by atoms with Crippen molar-refractivity contribution < 1.29 is 8.42 Å². The van der Waals surface area contributed by atoms with Gasteiger partial charge in [-0.15, -0.1) is 0 Å². The summed E-state index contributed by atoms with van der Waals surface area (Å²) in [6.45, 7) is 5.08. The van der Waals surface area contributed by atoms with Gasteiger partial charge in [0, 0.05) is 25.7 Å². The molecule has 2 fully saturated rings. The van der Waals surface area contributed by atoms with Crippen molar-refractivity contribution in [1.29, 1.82) is 0 Å². The Hall–Kier alpha value is -0.170. The molecule has 1 saturated carbocycles. The summed E-state index contributed by atoms with van der Waals surface area (Å²) in [5, 5.41) is 3.54. The van der Waals surface area contributed by atoms with Crippen LogP contribution in [0.3, 0.4) is 0 Å². The first-order valence-corrected chi connectivity index (χ1v) is 9.54. The van der Waals surface area contributed by atoms with E-state index in [1.807, 2.05) is 0 Å². The summed E-state index contributed by atoms with van der Waals surface area (Å²) >= 11 is 0. The van der Waals surface area contributed by atoms with Crippen molar-refractivity contribution in [1.82, 2.24) is 14.3 Å². The van der Waals surface area contributed by atoms with Crippen LogP contribution in [0.2, 0.25) is 0 Å². The first-order valence-electron chi connectivity index (χ1n) is 8.10. The molecule has 0 aromatic carbocycles. The second-order valence-corrected chi connectivity index (χ2v) is 7.89. The average molecular weight is 303 g/mol. The molecule has 0 unspecified atom stereocenters. The second-order valence-electron chi connectivity index (χ2n) is 6.13. The van der Waals surface area contributed by atoms with Crippen molar-refractivity contribution >= 4 is 10.2 Å². The molecule has 0 bridgehead atoms. The number of unbranched alkanes of at least 4 members (excludes halogenated alkanes) is 2. The van der Waals surface area contributed by atoms with Crippen molar-refractivity contribution in [3.63, 3.8) is 0 Å². The Labute approximate surface area is 123 Å². The molecule has 2 rings (SSSR count). The number of rotatable bonds is 9. The van der Waals surface area contributed by atoms with Crippen LogP contribution in [0.15, 0.2) is 0 Å².